The van der Waals surface area contributed by atoms with E-state index in [4.69, 9.17) is 16.3 Å². The predicted octanol–water partition coefficient (Wildman–Crippen LogP) is 8.32. The molecule has 2 heterocycles. The number of aliphatic imine (C=N–C) groups is 1. The number of esters is 1. The molecule has 0 atom stereocenters. The van der Waals surface area contributed by atoms with Gasteiger partial charge in [0.15, 0.2) is 0 Å². The fourth-order valence-electron chi connectivity index (χ4n) is 4.15. The van der Waals surface area contributed by atoms with E-state index in [1.807, 2.05) is 13.0 Å². The number of nitrogens with zero attached hydrogens (tertiary/aromatic N) is 2. The van der Waals surface area contributed by atoms with E-state index < -0.39 is 5.97 Å². The zero-order chi connectivity index (χ0) is 26.1. The zero-order valence-electron chi connectivity index (χ0n) is 20.6. The van der Waals surface area contributed by atoms with Crippen molar-refractivity contribution in [3.05, 3.63) is 96.3 Å². The van der Waals surface area contributed by atoms with Crippen LogP contribution in [0.1, 0.15) is 35.0 Å². The fourth-order valence-corrected chi connectivity index (χ4v) is 5.53. The molecule has 36 heavy (non-hydrogen) atoms. The molecule has 0 amide bonds. The molecule has 0 saturated heterocycles. The lowest BCUT2D eigenvalue weighted by atomic mass is 10.1. The van der Waals surface area contributed by atoms with E-state index in [-0.39, 0.29) is 17.9 Å². The maximum Gasteiger partial charge on any atom is 0.344 e. The van der Waals surface area contributed by atoms with Crippen molar-refractivity contribution in [2.75, 3.05) is 6.61 Å². The molecule has 1 N–H and O–H groups in total. The van der Waals surface area contributed by atoms with Crippen LogP contribution in [0.15, 0.2) is 68.2 Å². The van der Waals surface area contributed by atoms with Gasteiger partial charge in [0, 0.05) is 26.6 Å². The third kappa shape index (κ3) is 5.19. The summed E-state index contributed by atoms with van der Waals surface area (Å²) in [5.74, 6) is -0.740. The molecule has 3 aromatic rings. The maximum absolute atomic E-state index is 12.7. The Hall–Kier alpha value is -2.74. The Morgan fingerprint density at radius 1 is 1.14 bits per heavy atom. The van der Waals surface area contributed by atoms with Crippen LogP contribution >= 0.6 is 39.3 Å². The van der Waals surface area contributed by atoms with Crippen LogP contribution in [0.2, 0.25) is 5.02 Å². The molecule has 4 rings (SSSR count). The number of benzene rings is 2. The number of rotatable bonds is 5. The highest BCUT2D eigenvalue weighted by molar-refractivity contribution is 9.10. The summed E-state index contributed by atoms with van der Waals surface area (Å²) in [6, 6.07) is 13.3. The number of hydrogen-bond donors (Lipinski definition) is 1. The summed E-state index contributed by atoms with van der Waals surface area (Å²) in [7, 11) is 0. The number of carbonyl (C=O) groups is 1. The van der Waals surface area contributed by atoms with E-state index in [0.717, 1.165) is 38.2 Å². The minimum Gasteiger partial charge on any atom is -0.506 e. The van der Waals surface area contributed by atoms with Crippen molar-refractivity contribution in [2.24, 2.45) is 4.99 Å². The molecular formula is C28H26BrClN2O3S. The van der Waals surface area contributed by atoms with Crippen molar-refractivity contribution in [3.63, 3.8) is 0 Å². The lowest BCUT2D eigenvalue weighted by Gasteiger charge is -2.13. The summed E-state index contributed by atoms with van der Waals surface area (Å²) >= 11 is 10.9. The van der Waals surface area contributed by atoms with Crippen molar-refractivity contribution in [1.29, 1.82) is 0 Å². The van der Waals surface area contributed by atoms with Crippen molar-refractivity contribution in [1.82, 2.24) is 4.57 Å². The first-order valence-corrected chi connectivity index (χ1v) is 13.4. The van der Waals surface area contributed by atoms with E-state index >= 15 is 0 Å². The summed E-state index contributed by atoms with van der Waals surface area (Å²) in [6.45, 7) is 10.2. The number of halogens is 2. The summed E-state index contributed by atoms with van der Waals surface area (Å²) < 4.78 is 8.50. The van der Waals surface area contributed by atoms with E-state index in [9.17, 15) is 9.90 Å². The van der Waals surface area contributed by atoms with Crippen LogP contribution < -0.4 is 0 Å². The molecule has 2 aromatic carbocycles. The van der Waals surface area contributed by atoms with E-state index in [1.54, 1.807) is 31.2 Å². The molecule has 0 aliphatic carbocycles. The normalized spacial score (nSPS) is 15.9. The minimum absolute atomic E-state index is 0.0658. The van der Waals surface area contributed by atoms with E-state index in [0.29, 0.717) is 20.7 Å². The monoisotopic (exact) mass is 584 g/mol. The molecule has 0 spiro atoms. The van der Waals surface area contributed by atoms with Crippen molar-refractivity contribution < 1.29 is 14.6 Å². The quantitative estimate of drug-likeness (QED) is 0.306. The van der Waals surface area contributed by atoms with Gasteiger partial charge in [-0.15, -0.1) is 0 Å². The van der Waals surface area contributed by atoms with Crippen LogP contribution in [0.25, 0.3) is 11.8 Å². The summed E-state index contributed by atoms with van der Waals surface area (Å²) in [5, 5.41) is 12.0. The average molecular weight is 586 g/mol. The number of aromatic nitrogens is 1. The zero-order valence-corrected chi connectivity index (χ0v) is 23.8. The molecule has 0 fully saturated rings. The van der Waals surface area contributed by atoms with Crippen molar-refractivity contribution in [3.8, 4) is 5.69 Å². The van der Waals surface area contributed by atoms with Crippen molar-refractivity contribution in [2.45, 2.75) is 34.6 Å². The van der Waals surface area contributed by atoms with Gasteiger partial charge in [-0.3, -0.25) is 0 Å². The highest BCUT2D eigenvalue weighted by Crippen LogP contribution is 2.41. The number of carbonyl (C=O) groups excluding carboxylic acids is 1. The van der Waals surface area contributed by atoms with Crippen LogP contribution in [-0.2, 0) is 9.53 Å². The Balaban J connectivity index is 1.78. The molecule has 1 aromatic heterocycles. The molecule has 8 heteroatoms. The molecule has 1 aliphatic heterocycles. The predicted molar refractivity (Wildman–Crippen MR) is 153 cm³/mol. The first kappa shape index (κ1) is 26.3. The Morgan fingerprint density at radius 2 is 1.78 bits per heavy atom. The molecule has 0 saturated carbocycles. The Kier molecular flexibility index (Phi) is 7.83. The van der Waals surface area contributed by atoms with Crippen LogP contribution in [0, 0.1) is 27.7 Å². The van der Waals surface area contributed by atoms with Gasteiger partial charge in [-0.05, 0) is 99.8 Å². The lowest BCUT2D eigenvalue weighted by molar-refractivity contribution is -0.138. The second-order valence-corrected chi connectivity index (χ2v) is 10.8. The van der Waals surface area contributed by atoms with Gasteiger partial charge >= 0.3 is 5.97 Å². The number of aliphatic hydroxyl groups excluding tert-OH is 1. The fraction of sp³-hybridized carbons (Fsp3) is 0.214. The molecule has 5 nitrogen and oxygen atoms in total. The SMILES string of the molecule is CCOC(=O)C1=C(O)/C(=C/c2cc(C)n(-c3cc(C)c(Br)c(C)c3)c2C)SC1=Nc1ccc(Cl)cc1. The van der Waals surface area contributed by atoms with Gasteiger partial charge in [0.2, 0.25) is 0 Å². The topological polar surface area (TPSA) is 63.8 Å². The number of aliphatic hydroxyl groups is 1. The molecule has 186 valence electrons. The van der Waals surface area contributed by atoms with Gasteiger partial charge in [0.1, 0.15) is 16.4 Å². The third-order valence-corrected chi connectivity index (χ3v) is 8.39. The van der Waals surface area contributed by atoms with E-state index in [1.165, 1.54) is 11.8 Å². The lowest BCUT2D eigenvalue weighted by Crippen LogP contribution is -2.12. The summed E-state index contributed by atoms with van der Waals surface area (Å²) in [5.41, 5.74) is 7.10. The first-order chi connectivity index (χ1) is 17.1. The third-order valence-electron chi connectivity index (χ3n) is 5.86. The Bertz CT molecular complexity index is 1430. The number of thioether (sulfide) groups is 1. The molecule has 0 radical (unpaired) electrons. The highest BCUT2D eigenvalue weighted by atomic mass is 79.9. The second kappa shape index (κ2) is 10.7. The summed E-state index contributed by atoms with van der Waals surface area (Å²) in [6.07, 6.45) is 1.89. The largest absolute Gasteiger partial charge is 0.506 e. The highest BCUT2D eigenvalue weighted by Gasteiger charge is 2.33. The van der Waals surface area contributed by atoms with Gasteiger partial charge in [-0.2, -0.15) is 0 Å². The molecule has 0 bridgehead atoms. The van der Waals surface area contributed by atoms with Gasteiger partial charge in [-0.1, -0.05) is 39.3 Å². The standard InChI is InChI=1S/C28H26BrClN2O3S/c1-6-35-28(34)24-26(33)23(36-27(24)31-21-9-7-20(30)8-10-21)14-19-13-17(4)32(18(19)5)22-11-15(2)25(29)16(3)12-22/h7-14,33H,6H2,1-5H3/b23-14-,31-27?. The second-order valence-electron chi connectivity index (χ2n) is 8.50. The number of aryl methyl sites for hydroxylation is 3. The Labute approximate surface area is 228 Å². The molecule has 1 aliphatic rings. The molecular weight excluding hydrogens is 560 g/mol. The molecule has 0 unspecified atom stereocenters. The smallest absolute Gasteiger partial charge is 0.344 e. The minimum atomic E-state index is -0.607. The van der Waals surface area contributed by atoms with Crippen LogP contribution in [-0.4, -0.2) is 27.3 Å². The van der Waals surface area contributed by atoms with Gasteiger partial charge in [-0.25, -0.2) is 9.79 Å². The van der Waals surface area contributed by atoms with Crippen LogP contribution in [0.5, 0.6) is 0 Å². The van der Waals surface area contributed by atoms with E-state index in [2.05, 4.69) is 64.5 Å². The Morgan fingerprint density at radius 3 is 2.39 bits per heavy atom. The first-order valence-electron chi connectivity index (χ1n) is 11.4. The van der Waals surface area contributed by atoms with Gasteiger partial charge < -0.3 is 14.4 Å². The van der Waals surface area contributed by atoms with Gasteiger partial charge in [0.25, 0.3) is 0 Å². The number of ether oxygens (including phenoxy) is 1. The maximum atomic E-state index is 12.7. The van der Waals surface area contributed by atoms with Crippen LogP contribution in [0.4, 0.5) is 5.69 Å². The number of hydrogen-bond acceptors (Lipinski definition) is 5. The van der Waals surface area contributed by atoms with Crippen molar-refractivity contribution >= 4 is 62.1 Å². The van der Waals surface area contributed by atoms with Crippen LogP contribution in [0.3, 0.4) is 0 Å². The van der Waals surface area contributed by atoms with Gasteiger partial charge in [0.05, 0.1) is 17.2 Å². The summed E-state index contributed by atoms with van der Waals surface area (Å²) in [4.78, 5) is 17.9. The average Bonchev–Trinajstić information content (AvgIpc) is 3.28.